The summed E-state index contributed by atoms with van der Waals surface area (Å²) in [7, 11) is 0. The van der Waals surface area contributed by atoms with E-state index in [1.165, 1.54) is 0 Å². The Hall–Kier alpha value is -2.86. The molecule has 1 aliphatic rings. The summed E-state index contributed by atoms with van der Waals surface area (Å²) in [5, 5.41) is 0. The second-order valence-electron chi connectivity index (χ2n) is 6.55. The molecule has 1 atom stereocenters. The molecule has 0 radical (unpaired) electrons. The molecule has 6 heteroatoms. The Morgan fingerprint density at radius 2 is 1.64 bits per heavy atom. The molecule has 142 valence electrons. The number of carbonyl (C=O) groups is 1. The Kier molecular flexibility index (Phi) is 5.58. The number of nitrogens with zero attached hydrogens (tertiary/aromatic N) is 3. The summed E-state index contributed by atoms with van der Waals surface area (Å²) in [5.41, 5.74) is 1.69. The van der Waals surface area contributed by atoms with Crippen LogP contribution in [0.2, 0.25) is 0 Å². The standard InChI is InChI=1S/C22H20BrN3O2/c23-20-12-7-14-24-21(20)28-19-13-15-25(16-19)22(27)26(17-8-3-1-4-9-17)18-10-5-2-6-11-18/h1-12,14,19H,13,15-16H2. The number of benzene rings is 2. The molecule has 1 aliphatic heterocycles. The summed E-state index contributed by atoms with van der Waals surface area (Å²) in [5.74, 6) is 0.560. The molecule has 1 saturated heterocycles. The van der Waals surface area contributed by atoms with E-state index < -0.39 is 0 Å². The van der Waals surface area contributed by atoms with Gasteiger partial charge < -0.3 is 9.64 Å². The van der Waals surface area contributed by atoms with Crippen molar-refractivity contribution in [2.75, 3.05) is 18.0 Å². The molecule has 0 bridgehead atoms. The first-order chi connectivity index (χ1) is 13.7. The summed E-state index contributed by atoms with van der Waals surface area (Å²) < 4.78 is 6.82. The van der Waals surface area contributed by atoms with E-state index in [-0.39, 0.29) is 12.1 Å². The van der Waals surface area contributed by atoms with Crippen molar-refractivity contribution in [1.82, 2.24) is 9.88 Å². The number of rotatable bonds is 4. The van der Waals surface area contributed by atoms with Gasteiger partial charge in [-0.2, -0.15) is 0 Å². The molecule has 1 unspecified atom stereocenters. The van der Waals surface area contributed by atoms with Gasteiger partial charge in [-0.3, -0.25) is 4.90 Å². The van der Waals surface area contributed by atoms with E-state index in [9.17, 15) is 4.79 Å². The van der Waals surface area contributed by atoms with Crippen molar-refractivity contribution >= 4 is 33.3 Å². The number of hydrogen-bond donors (Lipinski definition) is 0. The minimum absolute atomic E-state index is 0.0522. The molecule has 0 spiro atoms. The number of ether oxygens (including phenoxy) is 1. The van der Waals surface area contributed by atoms with Gasteiger partial charge in [0.1, 0.15) is 6.10 Å². The summed E-state index contributed by atoms with van der Waals surface area (Å²) >= 11 is 3.46. The van der Waals surface area contributed by atoms with Gasteiger partial charge in [-0.15, -0.1) is 0 Å². The Bertz CT molecular complexity index is 897. The van der Waals surface area contributed by atoms with Crippen LogP contribution in [0.15, 0.2) is 83.5 Å². The minimum Gasteiger partial charge on any atom is -0.472 e. The van der Waals surface area contributed by atoms with E-state index in [0.29, 0.717) is 19.0 Å². The van der Waals surface area contributed by atoms with Crippen molar-refractivity contribution in [2.24, 2.45) is 0 Å². The van der Waals surface area contributed by atoms with E-state index in [1.54, 1.807) is 11.1 Å². The number of amides is 2. The topological polar surface area (TPSA) is 45.7 Å². The van der Waals surface area contributed by atoms with Crippen LogP contribution in [0.3, 0.4) is 0 Å². The Morgan fingerprint density at radius 3 is 2.25 bits per heavy atom. The number of urea groups is 1. The Labute approximate surface area is 172 Å². The molecule has 3 aromatic rings. The SMILES string of the molecule is O=C(N1CCC(Oc2ncccc2Br)C1)N(c1ccccc1)c1ccccc1. The van der Waals surface area contributed by atoms with E-state index in [1.807, 2.05) is 77.7 Å². The number of aromatic nitrogens is 1. The first-order valence-electron chi connectivity index (χ1n) is 9.18. The van der Waals surface area contributed by atoms with Gasteiger partial charge in [0, 0.05) is 19.2 Å². The van der Waals surface area contributed by atoms with Gasteiger partial charge in [-0.1, -0.05) is 36.4 Å². The predicted octanol–water partition coefficient (Wildman–Crippen LogP) is 5.26. The van der Waals surface area contributed by atoms with Crippen molar-refractivity contribution in [3.05, 3.63) is 83.5 Å². The van der Waals surface area contributed by atoms with Crippen LogP contribution in [0.4, 0.5) is 16.2 Å². The number of para-hydroxylation sites is 2. The predicted molar refractivity (Wildman–Crippen MR) is 113 cm³/mol. The van der Waals surface area contributed by atoms with Crippen molar-refractivity contribution in [1.29, 1.82) is 0 Å². The second kappa shape index (κ2) is 8.44. The molecule has 5 nitrogen and oxygen atoms in total. The summed E-state index contributed by atoms with van der Waals surface area (Å²) in [4.78, 5) is 21.2. The van der Waals surface area contributed by atoms with Crippen LogP contribution in [-0.4, -0.2) is 35.1 Å². The van der Waals surface area contributed by atoms with E-state index in [0.717, 1.165) is 22.3 Å². The van der Waals surface area contributed by atoms with Crippen LogP contribution < -0.4 is 9.64 Å². The fraction of sp³-hybridized carbons (Fsp3) is 0.182. The maximum atomic E-state index is 13.4. The summed E-state index contributed by atoms with van der Waals surface area (Å²) in [6.45, 7) is 1.17. The molecule has 0 N–H and O–H groups in total. The van der Waals surface area contributed by atoms with Crippen LogP contribution in [-0.2, 0) is 0 Å². The molecule has 0 aliphatic carbocycles. The number of pyridine rings is 1. The zero-order chi connectivity index (χ0) is 19.3. The third-order valence-electron chi connectivity index (χ3n) is 4.64. The van der Waals surface area contributed by atoms with Crippen molar-refractivity contribution in [3.8, 4) is 5.88 Å². The zero-order valence-corrected chi connectivity index (χ0v) is 16.8. The number of carbonyl (C=O) groups excluding carboxylic acids is 1. The first-order valence-corrected chi connectivity index (χ1v) is 9.98. The van der Waals surface area contributed by atoms with Crippen molar-refractivity contribution in [2.45, 2.75) is 12.5 Å². The fourth-order valence-electron chi connectivity index (χ4n) is 3.28. The highest BCUT2D eigenvalue weighted by atomic mass is 79.9. The third kappa shape index (κ3) is 4.02. The van der Waals surface area contributed by atoms with Gasteiger partial charge in [0.05, 0.1) is 22.4 Å². The molecular weight excluding hydrogens is 418 g/mol. The van der Waals surface area contributed by atoms with Crippen LogP contribution in [0.1, 0.15) is 6.42 Å². The fourth-order valence-corrected chi connectivity index (χ4v) is 3.63. The maximum Gasteiger partial charge on any atom is 0.329 e. The van der Waals surface area contributed by atoms with Gasteiger partial charge >= 0.3 is 6.03 Å². The highest BCUT2D eigenvalue weighted by molar-refractivity contribution is 9.10. The van der Waals surface area contributed by atoms with Crippen molar-refractivity contribution < 1.29 is 9.53 Å². The Morgan fingerprint density at radius 1 is 1.00 bits per heavy atom. The zero-order valence-electron chi connectivity index (χ0n) is 15.2. The first kappa shape index (κ1) is 18.5. The van der Waals surface area contributed by atoms with Gasteiger partial charge in [0.15, 0.2) is 0 Å². The number of anilines is 2. The van der Waals surface area contributed by atoms with Crippen LogP contribution in [0.5, 0.6) is 5.88 Å². The molecular formula is C22H20BrN3O2. The third-order valence-corrected chi connectivity index (χ3v) is 5.24. The molecule has 2 heterocycles. The monoisotopic (exact) mass is 437 g/mol. The van der Waals surface area contributed by atoms with Crippen molar-refractivity contribution in [3.63, 3.8) is 0 Å². The van der Waals surface area contributed by atoms with Gasteiger partial charge in [0.25, 0.3) is 0 Å². The molecule has 0 saturated carbocycles. The van der Waals surface area contributed by atoms with Crippen LogP contribution >= 0.6 is 15.9 Å². The molecule has 28 heavy (non-hydrogen) atoms. The van der Waals surface area contributed by atoms with Gasteiger partial charge in [-0.05, 0) is 52.3 Å². The lowest BCUT2D eigenvalue weighted by Crippen LogP contribution is -2.40. The quantitative estimate of drug-likeness (QED) is 0.559. The van der Waals surface area contributed by atoms with Crippen LogP contribution in [0.25, 0.3) is 0 Å². The van der Waals surface area contributed by atoms with Gasteiger partial charge in [0.2, 0.25) is 5.88 Å². The molecule has 2 aromatic carbocycles. The second-order valence-corrected chi connectivity index (χ2v) is 7.41. The number of likely N-dealkylation sites (tertiary alicyclic amines) is 1. The molecule has 1 fully saturated rings. The Balaban J connectivity index is 1.53. The lowest BCUT2D eigenvalue weighted by atomic mass is 10.2. The number of halogens is 1. The lowest BCUT2D eigenvalue weighted by molar-refractivity contribution is 0.187. The van der Waals surface area contributed by atoms with Gasteiger partial charge in [-0.25, -0.2) is 9.78 Å². The number of hydrogen-bond acceptors (Lipinski definition) is 3. The molecule has 1 aromatic heterocycles. The van der Waals surface area contributed by atoms with E-state index in [4.69, 9.17) is 4.74 Å². The molecule has 4 rings (SSSR count). The normalized spacial score (nSPS) is 16.0. The van der Waals surface area contributed by atoms with E-state index in [2.05, 4.69) is 20.9 Å². The van der Waals surface area contributed by atoms with Crippen LogP contribution in [0, 0.1) is 0 Å². The van der Waals surface area contributed by atoms with E-state index >= 15 is 0 Å². The highest BCUT2D eigenvalue weighted by Crippen LogP contribution is 2.29. The summed E-state index contributed by atoms with van der Waals surface area (Å²) in [6.07, 6.45) is 2.39. The maximum absolute atomic E-state index is 13.4. The average molecular weight is 438 g/mol. The lowest BCUT2D eigenvalue weighted by Gasteiger charge is -2.28. The average Bonchev–Trinajstić information content (AvgIpc) is 3.20. The smallest absolute Gasteiger partial charge is 0.329 e. The summed E-state index contributed by atoms with van der Waals surface area (Å²) in [6, 6.07) is 23.1. The largest absolute Gasteiger partial charge is 0.472 e. The minimum atomic E-state index is -0.0800. The molecule has 2 amide bonds. The highest BCUT2D eigenvalue weighted by Gasteiger charge is 2.32.